The average Bonchev–Trinajstić information content (AvgIpc) is 3.47. The minimum Gasteiger partial charge on any atom is -0.490 e. The van der Waals surface area contributed by atoms with Gasteiger partial charge in [-0.25, -0.2) is 30.7 Å². The van der Waals surface area contributed by atoms with Crippen LogP contribution in [-0.2, 0) is 11.5 Å². The van der Waals surface area contributed by atoms with E-state index in [-0.39, 0.29) is 30.1 Å². The van der Waals surface area contributed by atoms with Gasteiger partial charge in [0.25, 0.3) is 0 Å². The molecule has 0 aliphatic rings. The summed E-state index contributed by atoms with van der Waals surface area (Å²) < 4.78 is 116. The number of anilines is 6. The number of thioether (sulfide) groups is 1. The van der Waals surface area contributed by atoms with Crippen molar-refractivity contribution in [2.24, 2.45) is 5.73 Å². The summed E-state index contributed by atoms with van der Waals surface area (Å²) in [4.78, 5) is 2.47. The van der Waals surface area contributed by atoms with Crippen LogP contribution in [0.15, 0.2) is 168 Å². The Morgan fingerprint density at radius 2 is 0.870 bits per heavy atom. The molecule has 8 aromatic rings. The Bertz CT molecular complexity index is 3280. The highest BCUT2D eigenvalue weighted by atomic mass is 33.1. The number of nitrogens with two attached hydrogens (primary N) is 1. The van der Waals surface area contributed by atoms with Gasteiger partial charge in [-0.15, -0.1) is 11.8 Å². The first-order valence-electron chi connectivity index (χ1n) is 24.6. The lowest BCUT2D eigenvalue weighted by atomic mass is 10.0. The van der Waals surface area contributed by atoms with E-state index in [9.17, 15) is 0 Å². The standard InChI is InChI=1S/C61H56F7N3OS5/c1-60(2,3)75-58-53(65)52(64)49(57(56(58)68)72-33-15-32-69)48-50(62)54(66)59(55(67)51(48)63)76-73-36-38-16-13-22-46(34-38)70(42-18-9-7-10-19-42)44-28-24-40(25-29-44)41-26-30-45(31-27-41)71(43-20-11-8-12-21-43)47-23-14-17-39(35-47)37-74-77-61(4,5)6/h7-14,16-31,34-35H,15,32-33,36-37,69H2,1-6H3. The van der Waals surface area contributed by atoms with Crippen molar-refractivity contribution < 1.29 is 35.5 Å². The molecule has 16 heteroatoms. The quantitative estimate of drug-likeness (QED) is 0.0264. The minimum absolute atomic E-state index is 0.0459. The first-order chi connectivity index (χ1) is 36.8. The third-order valence-corrected chi connectivity index (χ3v) is 18.3. The van der Waals surface area contributed by atoms with Gasteiger partial charge >= 0.3 is 0 Å². The normalized spacial score (nSPS) is 11.8. The number of hydrogen-bond acceptors (Lipinski definition) is 9. The van der Waals surface area contributed by atoms with Crippen molar-refractivity contribution in [1.82, 2.24) is 0 Å². The van der Waals surface area contributed by atoms with Gasteiger partial charge in [0.05, 0.1) is 27.5 Å². The highest BCUT2D eigenvalue weighted by Gasteiger charge is 2.36. The summed E-state index contributed by atoms with van der Waals surface area (Å²) >= 11 is 0.610. The van der Waals surface area contributed by atoms with Gasteiger partial charge < -0.3 is 20.3 Å². The summed E-state index contributed by atoms with van der Waals surface area (Å²) in [6, 6.07) is 52.9. The molecule has 0 atom stereocenters. The van der Waals surface area contributed by atoms with Gasteiger partial charge in [-0.3, -0.25) is 0 Å². The first kappa shape index (κ1) is 57.6. The van der Waals surface area contributed by atoms with Crippen molar-refractivity contribution in [1.29, 1.82) is 0 Å². The second-order valence-corrected chi connectivity index (χ2v) is 27.0. The Morgan fingerprint density at radius 1 is 0.442 bits per heavy atom. The van der Waals surface area contributed by atoms with Gasteiger partial charge in [0.15, 0.2) is 46.5 Å². The van der Waals surface area contributed by atoms with Crippen LogP contribution >= 0.6 is 54.9 Å². The number of ether oxygens (including phenoxy) is 1. The van der Waals surface area contributed by atoms with E-state index in [2.05, 4.69) is 103 Å². The molecular formula is C61H56F7N3OS5. The van der Waals surface area contributed by atoms with Crippen molar-refractivity contribution in [3.05, 3.63) is 210 Å². The fourth-order valence-electron chi connectivity index (χ4n) is 8.19. The van der Waals surface area contributed by atoms with Crippen molar-refractivity contribution in [2.45, 2.75) is 78.8 Å². The maximum absolute atomic E-state index is 16.0. The summed E-state index contributed by atoms with van der Waals surface area (Å²) in [5.41, 5.74) is 12.1. The summed E-state index contributed by atoms with van der Waals surface area (Å²) in [7, 11) is 5.07. The lowest BCUT2D eigenvalue weighted by Crippen LogP contribution is -2.14. The smallest absolute Gasteiger partial charge is 0.182 e. The summed E-state index contributed by atoms with van der Waals surface area (Å²) in [6.07, 6.45) is 0.0977. The molecule has 0 aromatic heterocycles. The van der Waals surface area contributed by atoms with Gasteiger partial charge in [-0.05, 0) is 108 Å². The Labute approximate surface area is 466 Å². The highest BCUT2D eigenvalue weighted by molar-refractivity contribution is 8.77. The number of nitrogens with zero attached hydrogens (tertiary/aromatic N) is 2. The molecule has 0 saturated heterocycles. The van der Waals surface area contributed by atoms with Crippen LogP contribution in [0.4, 0.5) is 64.9 Å². The predicted octanol–water partition coefficient (Wildman–Crippen LogP) is 20.2. The zero-order chi connectivity index (χ0) is 55.0. The topological polar surface area (TPSA) is 41.7 Å². The van der Waals surface area contributed by atoms with E-state index in [1.165, 1.54) is 5.56 Å². The van der Waals surface area contributed by atoms with Crippen molar-refractivity contribution in [3.63, 3.8) is 0 Å². The van der Waals surface area contributed by atoms with Crippen LogP contribution in [0.2, 0.25) is 0 Å². The number of rotatable bonds is 20. The molecule has 0 saturated carbocycles. The Hall–Kier alpha value is -5.62. The Morgan fingerprint density at radius 3 is 1.32 bits per heavy atom. The molecule has 2 N–H and O–H groups in total. The average molecular weight is 1140 g/mol. The third kappa shape index (κ3) is 14.0. The number of halogens is 7. The maximum atomic E-state index is 16.0. The fraction of sp³-hybridized carbons (Fsp3) is 0.213. The first-order valence-corrected chi connectivity index (χ1v) is 30.1. The van der Waals surface area contributed by atoms with Crippen LogP contribution in [-0.4, -0.2) is 22.6 Å². The summed E-state index contributed by atoms with van der Waals surface area (Å²) in [6.45, 7) is 11.2. The monoisotopic (exact) mass is 1140 g/mol. The van der Waals surface area contributed by atoms with Crippen LogP contribution in [0.1, 0.15) is 59.1 Å². The van der Waals surface area contributed by atoms with Crippen molar-refractivity contribution >= 4 is 89.1 Å². The number of benzene rings is 8. The third-order valence-electron chi connectivity index (χ3n) is 11.6. The van der Waals surface area contributed by atoms with Gasteiger partial charge in [-0.2, -0.15) is 0 Å². The van der Waals surface area contributed by atoms with E-state index < -0.39 is 72.1 Å². The molecule has 0 amide bonds. The number of hydrogen-bond donors (Lipinski definition) is 1. The molecule has 0 radical (unpaired) electrons. The summed E-state index contributed by atoms with van der Waals surface area (Å²) in [5.74, 6) is -13.1. The molecule has 0 spiro atoms. The van der Waals surface area contributed by atoms with E-state index in [1.807, 2.05) is 107 Å². The van der Waals surface area contributed by atoms with E-state index in [1.54, 1.807) is 20.8 Å². The van der Waals surface area contributed by atoms with E-state index in [0.717, 1.165) is 61.8 Å². The Kier molecular flexibility index (Phi) is 19.0. The molecule has 8 aromatic carbocycles. The van der Waals surface area contributed by atoms with Crippen LogP contribution < -0.4 is 20.3 Å². The molecule has 0 aliphatic heterocycles. The van der Waals surface area contributed by atoms with Gasteiger partial charge in [-0.1, -0.05) is 170 Å². The molecule has 0 heterocycles. The second kappa shape index (κ2) is 25.4. The van der Waals surface area contributed by atoms with Crippen LogP contribution in [0.25, 0.3) is 22.3 Å². The van der Waals surface area contributed by atoms with E-state index >= 15 is 30.7 Å². The lowest BCUT2D eigenvalue weighted by Gasteiger charge is -2.26. The Balaban J connectivity index is 1.02. The molecule has 0 fully saturated rings. The van der Waals surface area contributed by atoms with Crippen molar-refractivity contribution in [2.75, 3.05) is 23.0 Å². The van der Waals surface area contributed by atoms with E-state index in [4.69, 9.17) is 10.5 Å². The number of para-hydroxylation sites is 2. The zero-order valence-electron chi connectivity index (χ0n) is 43.1. The van der Waals surface area contributed by atoms with E-state index in [0.29, 0.717) is 28.1 Å². The minimum atomic E-state index is -2.04. The molecular weight excluding hydrogens is 1080 g/mol. The van der Waals surface area contributed by atoms with Crippen LogP contribution in [0, 0.1) is 40.7 Å². The molecule has 400 valence electrons. The predicted molar refractivity (Wildman–Crippen MR) is 313 cm³/mol. The molecule has 77 heavy (non-hydrogen) atoms. The fourth-order valence-corrected chi connectivity index (χ4v) is 13.7. The second-order valence-electron chi connectivity index (χ2n) is 19.7. The zero-order valence-corrected chi connectivity index (χ0v) is 47.2. The van der Waals surface area contributed by atoms with Crippen LogP contribution in [0.3, 0.4) is 0 Å². The van der Waals surface area contributed by atoms with Gasteiger partial charge in [0, 0.05) is 55.1 Å². The van der Waals surface area contributed by atoms with Gasteiger partial charge in [0.1, 0.15) is 0 Å². The molecule has 0 aliphatic carbocycles. The maximum Gasteiger partial charge on any atom is 0.182 e. The molecule has 4 nitrogen and oxygen atoms in total. The summed E-state index contributed by atoms with van der Waals surface area (Å²) in [5, 5.41) is 0. The molecule has 0 bridgehead atoms. The highest BCUT2D eigenvalue weighted by Crippen LogP contribution is 2.49. The molecule has 0 unspecified atom stereocenters. The molecule has 8 rings (SSSR count). The van der Waals surface area contributed by atoms with Crippen LogP contribution in [0.5, 0.6) is 5.75 Å². The largest absolute Gasteiger partial charge is 0.490 e. The van der Waals surface area contributed by atoms with Gasteiger partial charge in [0.2, 0.25) is 0 Å². The lowest BCUT2D eigenvalue weighted by molar-refractivity contribution is 0.290. The van der Waals surface area contributed by atoms with Crippen molar-refractivity contribution in [3.8, 4) is 28.0 Å². The SMILES string of the molecule is CC(C)(C)SSCc1cccc(N(c2ccccc2)c2ccc(-c3ccc(N(c4ccccc4)c4cccc(CSSc5c(F)c(F)c(-c6c(F)c(F)c(SC(C)(C)C)c(F)c6OCCCN)c(F)c5F)c4)cc3)cc2)c1.